The van der Waals surface area contributed by atoms with E-state index in [1.54, 1.807) is 13.8 Å². The van der Waals surface area contributed by atoms with Gasteiger partial charge in [-0.15, -0.1) is 0 Å². The predicted molar refractivity (Wildman–Crippen MR) is 99.7 cm³/mol. The molecule has 0 aromatic heterocycles. The van der Waals surface area contributed by atoms with Crippen LogP contribution in [0, 0.1) is 11.3 Å². The van der Waals surface area contributed by atoms with E-state index in [1.165, 1.54) is 18.4 Å². The maximum absolute atomic E-state index is 12.5. The number of nitrogens with two attached hydrogens (primary N) is 1. The molecule has 1 aromatic carbocycles. The second-order valence-corrected chi connectivity index (χ2v) is 6.31. The smallest absolute Gasteiger partial charge is 0.338 e. The molecule has 26 heavy (non-hydrogen) atoms. The monoisotopic (exact) mass is 354 g/mol. The van der Waals surface area contributed by atoms with Crippen molar-refractivity contribution >= 4 is 5.97 Å². The van der Waals surface area contributed by atoms with Crippen LogP contribution in [0.15, 0.2) is 47.1 Å². The number of unbranched alkanes of at least 4 members (excludes halogenated alkanes) is 2. The molecule has 2 N–H and O–H groups in total. The first kappa shape index (κ1) is 19.6. The minimum Gasteiger partial charge on any atom is -0.463 e. The van der Waals surface area contributed by atoms with Crippen LogP contribution in [0.2, 0.25) is 0 Å². The first-order chi connectivity index (χ1) is 12.5. The van der Waals surface area contributed by atoms with Crippen molar-refractivity contribution in [1.82, 2.24) is 0 Å². The van der Waals surface area contributed by atoms with E-state index in [0.29, 0.717) is 11.3 Å². The molecule has 0 saturated heterocycles. The number of aryl methyl sites for hydroxylation is 1. The first-order valence-electron chi connectivity index (χ1n) is 9.07. The van der Waals surface area contributed by atoms with Gasteiger partial charge in [-0.25, -0.2) is 4.79 Å². The highest BCUT2D eigenvalue weighted by atomic mass is 16.5. The van der Waals surface area contributed by atoms with Crippen molar-refractivity contribution in [2.24, 2.45) is 5.73 Å². The van der Waals surface area contributed by atoms with E-state index in [2.05, 4.69) is 13.0 Å². The summed E-state index contributed by atoms with van der Waals surface area (Å²) in [5.41, 5.74) is 8.53. The lowest BCUT2D eigenvalue weighted by Crippen LogP contribution is -2.25. The maximum Gasteiger partial charge on any atom is 0.338 e. The summed E-state index contributed by atoms with van der Waals surface area (Å²) in [6.07, 6.45) is 4.55. The van der Waals surface area contributed by atoms with Gasteiger partial charge in [0, 0.05) is 0 Å². The highest BCUT2D eigenvalue weighted by molar-refractivity contribution is 5.92. The van der Waals surface area contributed by atoms with Crippen LogP contribution in [0.25, 0.3) is 0 Å². The Hall–Kier alpha value is -2.74. The van der Waals surface area contributed by atoms with E-state index < -0.39 is 11.9 Å². The van der Waals surface area contributed by atoms with Gasteiger partial charge in [0.1, 0.15) is 17.4 Å². The van der Waals surface area contributed by atoms with E-state index in [1.807, 2.05) is 24.3 Å². The lowest BCUT2D eigenvalue weighted by atomic mass is 9.82. The van der Waals surface area contributed by atoms with Gasteiger partial charge in [0.15, 0.2) is 0 Å². The molecule has 0 bridgehead atoms. The van der Waals surface area contributed by atoms with Crippen molar-refractivity contribution in [3.63, 3.8) is 0 Å². The lowest BCUT2D eigenvalue weighted by molar-refractivity contribution is -0.139. The first-order valence-corrected chi connectivity index (χ1v) is 9.07. The molecular weight excluding hydrogens is 328 g/mol. The molecule has 0 amide bonds. The fourth-order valence-corrected chi connectivity index (χ4v) is 3.14. The molecule has 5 heteroatoms. The molecular formula is C21H26N2O3. The van der Waals surface area contributed by atoms with Gasteiger partial charge in [-0.2, -0.15) is 5.26 Å². The van der Waals surface area contributed by atoms with Crippen LogP contribution in [0.5, 0.6) is 0 Å². The normalized spacial score (nSPS) is 16.9. The zero-order chi connectivity index (χ0) is 19.1. The van der Waals surface area contributed by atoms with E-state index in [0.717, 1.165) is 18.4 Å². The molecule has 0 aliphatic carbocycles. The quantitative estimate of drug-likeness (QED) is 0.589. The second-order valence-electron chi connectivity index (χ2n) is 6.31. The van der Waals surface area contributed by atoms with Crippen LogP contribution in [0.3, 0.4) is 0 Å². The molecule has 1 unspecified atom stereocenters. The Morgan fingerprint density at radius 1 is 1.27 bits per heavy atom. The van der Waals surface area contributed by atoms with E-state index in [4.69, 9.17) is 15.2 Å². The lowest BCUT2D eigenvalue weighted by Gasteiger charge is -2.27. The molecule has 5 nitrogen and oxygen atoms in total. The molecule has 138 valence electrons. The number of esters is 1. The Labute approximate surface area is 155 Å². The Balaban J connectivity index is 2.38. The zero-order valence-electron chi connectivity index (χ0n) is 15.7. The summed E-state index contributed by atoms with van der Waals surface area (Å²) >= 11 is 0. The van der Waals surface area contributed by atoms with E-state index >= 15 is 0 Å². The number of nitrogens with zero attached hydrogens (tertiary/aromatic N) is 1. The minimum absolute atomic E-state index is 0.0371. The van der Waals surface area contributed by atoms with Gasteiger partial charge >= 0.3 is 5.97 Å². The predicted octanol–water partition coefficient (Wildman–Crippen LogP) is 4.06. The second kappa shape index (κ2) is 9.10. The van der Waals surface area contributed by atoms with Crippen molar-refractivity contribution in [2.75, 3.05) is 6.61 Å². The van der Waals surface area contributed by atoms with Crippen LogP contribution in [0.1, 0.15) is 57.1 Å². The van der Waals surface area contributed by atoms with Crippen LogP contribution < -0.4 is 5.73 Å². The SMILES string of the molecule is CCCCCc1ccc(C2C(C#N)=C(N)OC(C)=C2C(=O)OCC)cc1. The molecule has 1 aliphatic heterocycles. The fourth-order valence-electron chi connectivity index (χ4n) is 3.14. The highest BCUT2D eigenvalue weighted by Crippen LogP contribution is 2.39. The van der Waals surface area contributed by atoms with Crippen LogP contribution in [0.4, 0.5) is 0 Å². The van der Waals surface area contributed by atoms with Gasteiger partial charge in [-0.1, -0.05) is 44.0 Å². The minimum atomic E-state index is -0.572. The zero-order valence-corrected chi connectivity index (χ0v) is 15.7. The van der Waals surface area contributed by atoms with Crippen molar-refractivity contribution in [1.29, 1.82) is 5.26 Å². The van der Waals surface area contributed by atoms with Crippen molar-refractivity contribution in [3.8, 4) is 6.07 Å². The Bertz CT molecular complexity index is 754. The molecule has 0 radical (unpaired) electrons. The van der Waals surface area contributed by atoms with Crippen molar-refractivity contribution < 1.29 is 14.3 Å². The third kappa shape index (κ3) is 4.26. The Morgan fingerprint density at radius 3 is 2.54 bits per heavy atom. The summed E-state index contributed by atoms with van der Waals surface area (Å²) in [4.78, 5) is 12.5. The number of carbonyl (C=O) groups excluding carboxylic acids is 1. The average Bonchev–Trinajstić information content (AvgIpc) is 2.62. The maximum atomic E-state index is 12.5. The van der Waals surface area contributed by atoms with Gasteiger partial charge in [0.25, 0.3) is 0 Å². The molecule has 1 aliphatic rings. The molecule has 0 spiro atoms. The number of nitriles is 1. The Kier molecular flexibility index (Phi) is 6.85. The van der Waals surface area contributed by atoms with Crippen LogP contribution in [-0.4, -0.2) is 12.6 Å². The van der Waals surface area contributed by atoms with Gasteiger partial charge in [-0.3, -0.25) is 0 Å². The number of hydrogen-bond donors (Lipinski definition) is 1. The topological polar surface area (TPSA) is 85.3 Å². The van der Waals surface area contributed by atoms with Gasteiger partial charge < -0.3 is 15.2 Å². The number of ether oxygens (including phenoxy) is 2. The van der Waals surface area contributed by atoms with E-state index in [-0.39, 0.29) is 18.1 Å². The summed E-state index contributed by atoms with van der Waals surface area (Å²) in [7, 11) is 0. The number of benzene rings is 1. The summed E-state index contributed by atoms with van der Waals surface area (Å²) in [6, 6.07) is 10.1. The van der Waals surface area contributed by atoms with Crippen molar-refractivity contribution in [2.45, 2.75) is 52.4 Å². The largest absolute Gasteiger partial charge is 0.463 e. The average molecular weight is 354 g/mol. The van der Waals surface area contributed by atoms with Crippen LogP contribution >= 0.6 is 0 Å². The number of rotatable bonds is 7. The third-order valence-electron chi connectivity index (χ3n) is 4.48. The third-order valence-corrected chi connectivity index (χ3v) is 4.48. The number of hydrogen-bond acceptors (Lipinski definition) is 5. The molecule has 1 atom stereocenters. The number of allylic oxidation sites excluding steroid dienone is 2. The molecule has 1 aromatic rings. The standard InChI is InChI=1S/C21H26N2O3/c1-4-6-7-8-15-9-11-16(12-10-15)19-17(13-22)20(23)26-14(3)18(19)21(24)25-5-2/h9-12,19H,4-8,23H2,1-3H3. The molecule has 1 heterocycles. The molecule has 2 rings (SSSR count). The molecule has 0 saturated carbocycles. The summed E-state index contributed by atoms with van der Waals surface area (Å²) in [5.74, 6) is -0.646. The van der Waals surface area contributed by atoms with Gasteiger partial charge in [-0.05, 0) is 37.8 Å². The molecule has 0 fully saturated rings. The summed E-state index contributed by atoms with van der Waals surface area (Å²) < 4.78 is 10.6. The van der Waals surface area contributed by atoms with Crippen LogP contribution in [-0.2, 0) is 20.7 Å². The van der Waals surface area contributed by atoms with Crippen molar-refractivity contribution in [3.05, 3.63) is 58.2 Å². The fraction of sp³-hybridized carbons (Fsp3) is 0.429. The van der Waals surface area contributed by atoms with Gasteiger partial charge in [0.05, 0.1) is 18.1 Å². The van der Waals surface area contributed by atoms with Gasteiger partial charge in [0.2, 0.25) is 5.88 Å². The summed E-state index contributed by atoms with van der Waals surface area (Å²) in [5, 5.41) is 9.56. The summed E-state index contributed by atoms with van der Waals surface area (Å²) in [6.45, 7) is 5.84. The highest BCUT2D eigenvalue weighted by Gasteiger charge is 2.36. The van der Waals surface area contributed by atoms with E-state index in [9.17, 15) is 10.1 Å². The number of carbonyl (C=O) groups is 1. The Morgan fingerprint density at radius 2 is 1.96 bits per heavy atom.